The number of carboxylic acid groups (broad SMARTS) is 1. The van der Waals surface area contributed by atoms with E-state index in [9.17, 15) is 14.0 Å². The Kier molecular flexibility index (Phi) is 4.95. The number of carbonyl (C=O) groups is 2. The molecule has 0 aliphatic carbocycles. The van der Waals surface area contributed by atoms with E-state index < -0.39 is 24.0 Å². The summed E-state index contributed by atoms with van der Waals surface area (Å²) in [6.07, 6.45) is -0.288. The van der Waals surface area contributed by atoms with Crippen molar-refractivity contribution in [1.82, 2.24) is 14.9 Å². The number of likely N-dealkylation sites (tertiary alicyclic amines) is 1. The van der Waals surface area contributed by atoms with Gasteiger partial charge in [-0.25, -0.2) is 19.2 Å². The molecule has 0 saturated carbocycles. The number of aromatic nitrogens is 2. The van der Waals surface area contributed by atoms with Crippen molar-refractivity contribution in [2.24, 2.45) is 5.92 Å². The SMILES string of the molecule is CC(C)c1ncc(Cl)c(C(=O)N2CCC(C(F)C(=O)O)C2)n1. The predicted molar refractivity (Wildman–Crippen MR) is 77.7 cm³/mol. The average molecular weight is 330 g/mol. The number of rotatable bonds is 4. The van der Waals surface area contributed by atoms with E-state index in [1.54, 1.807) is 0 Å². The third-order valence-corrected chi connectivity index (χ3v) is 3.92. The lowest BCUT2D eigenvalue weighted by atomic mass is 10.0. The third-order valence-electron chi connectivity index (χ3n) is 3.64. The molecule has 1 aliphatic heterocycles. The molecule has 0 aromatic carbocycles. The highest BCUT2D eigenvalue weighted by atomic mass is 35.5. The first-order valence-corrected chi connectivity index (χ1v) is 7.37. The van der Waals surface area contributed by atoms with Crippen molar-refractivity contribution in [2.75, 3.05) is 13.1 Å². The van der Waals surface area contributed by atoms with Gasteiger partial charge in [0.1, 0.15) is 5.82 Å². The molecule has 1 N–H and O–H groups in total. The van der Waals surface area contributed by atoms with Crippen LogP contribution in [-0.2, 0) is 4.79 Å². The number of alkyl halides is 1. The molecule has 8 heteroatoms. The lowest BCUT2D eigenvalue weighted by Crippen LogP contribution is -2.33. The van der Waals surface area contributed by atoms with Crippen LogP contribution in [0.15, 0.2) is 6.20 Å². The van der Waals surface area contributed by atoms with E-state index in [2.05, 4.69) is 9.97 Å². The van der Waals surface area contributed by atoms with Gasteiger partial charge in [-0.15, -0.1) is 0 Å². The van der Waals surface area contributed by atoms with Crippen molar-refractivity contribution in [3.63, 3.8) is 0 Å². The van der Waals surface area contributed by atoms with Crippen LogP contribution in [0.25, 0.3) is 0 Å². The van der Waals surface area contributed by atoms with Crippen LogP contribution in [0.2, 0.25) is 5.02 Å². The summed E-state index contributed by atoms with van der Waals surface area (Å²) in [5.41, 5.74) is 0.0757. The van der Waals surface area contributed by atoms with Gasteiger partial charge >= 0.3 is 5.97 Å². The second-order valence-corrected chi connectivity index (χ2v) is 6.03. The van der Waals surface area contributed by atoms with Crippen LogP contribution in [0.5, 0.6) is 0 Å². The van der Waals surface area contributed by atoms with E-state index in [4.69, 9.17) is 16.7 Å². The number of carboxylic acids is 1. The largest absolute Gasteiger partial charge is 0.479 e. The molecule has 0 radical (unpaired) electrons. The minimum absolute atomic E-state index is 0.0392. The Balaban J connectivity index is 2.16. The van der Waals surface area contributed by atoms with Gasteiger partial charge in [-0.2, -0.15) is 0 Å². The van der Waals surface area contributed by atoms with Gasteiger partial charge in [-0.05, 0) is 6.42 Å². The van der Waals surface area contributed by atoms with Gasteiger partial charge in [-0.1, -0.05) is 25.4 Å². The second-order valence-electron chi connectivity index (χ2n) is 5.62. The van der Waals surface area contributed by atoms with Crippen LogP contribution in [-0.4, -0.2) is 51.1 Å². The standard InChI is InChI=1S/C14H17ClFN3O3/c1-7(2)12-17-5-9(15)11(18-12)13(20)19-4-3-8(6-19)10(16)14(21)22/h5,7-8,10H,3-4,6H2,1-2H3,(H,21,22). The van der Waals surface area contributed by atoms with Crippen molar-refractivity contribution in [3.8, 4) is 0 Å². The fourth-order valence-corrected chi connectivity index (χ4v) is 2.54. The number of carbonyl (C=O) groups excluding carboxylic acids is 1. The van der Waals surface area contributed by atoms with Crippen LogP contribution in [0.1, 0.15) is 42.5 Å². The summed E-state index contributed by atoms with van der Waals surface area (Å²) in [5, 5.41) is 8.84. The Bertz CT molecular complexity index is 597. The molecule has 1 aromatic rings. The lowest BCUT2D eigenvalue weighted by molar-refractivity contribution is -0.144. The quantitative estimate of drug-likeness (QED) is 0.915. The summed E-state index contributed by atoms with van der Waals surface area (Å²) in [7, 11) is 0. The molecule has 2 heterocycles. The van der Waals surface area contributed by atoms with Gasteiger partial charge in [0.2, 0.25) is 6.17 Å². The maximum Gasteiger partial charge on any atom is 0.338 e. The van der Waals surface area contributed by atoms with Crippen LogP contribution in [0, 0.1) is 5.92 Å². The molecule has 1 amide bonds. The predicted octanol–water partition coefficient (Wildman–Crippen LogP) is 2.14. The van der Waals surface area contributed by atoms with Gasteiger partial charge in [-0.3, -0.25) is 4.79 Å². The van der Waals surface area contributed by atoms with Crippen LogP contribution in [0.4, 0.5) is 4.39 Å². The maximum absolute atomic E-state index is 13.5. The zero-order valence-corrected chi connectivity index (χ0v) is 13.0. The summed E-state index contributed by atoms with van der Waals surface area (Å²) < 4.78 is 13.5. The zero-order valence-electron chi connectivity index (χ0n) is 12.3. The first-order valence-electron chi connectivity index (χ1n) is 6.99. The minimum atomic E-state index is -1.97. The number of hydrogen-bond acceptors (Lipinski definition) is 4. The van der Waals surface area contributed by atoms with Crippen molar-refractivity contribution in [2.45, 2.75) is 32.4 Å². The molecular weight excluding hydrogens is 313 g/mol. The topological polar surface area (TPSA) is 83.4 Å². The number of amides is 1. The summed E-state index contributed by atoms with van der Waals surface area (Å²) in [4.78, 5) is 32.8. The molecule has 0 bridgehead atoms. The van der Waals surface area contributed by atoms with Crippen molar-refractivity contribution in [3.05, 3.63) is 22.7 Å². The van der Waals surface area contributed by atoms with Crippen molar-refractivity contribution >= 4 is 23.5 Å². The molecule has 2 atom stereocenters. The summed E-state index contributed by atoms with van der Waals surface area (Å²) in [6.45, 7) is 4.12. The Hall–Kier alpha value is -1.76. The molecule has 2 unspecified atom stereocenters. The fourth-order valence-electron chi connectivity index (χ4n) is 2.37. The first kappa shape index (κ1) is 16.6. The van der Waals surface area contributed by atoms with Crippen LogP contribution >= 0.6 is 11.6 Å². The molecule has 0 spiro atoms. The van der Waals surface area contributed by atoms with Gasteiger partial charge in [0.05, 0.1) is 11.2 Å². The maximum atomic E-state index is 13.5. The molecular formula is C14H17ClFN3O3. The first-order chi connectivity index (χ1) is 10.3. The van der Waals surface area contributed by atoms with Gasteiger partial charge in [0.15, 0.2) is 5.69 Å². The van der Waals surface area contributed by atoms with Gasteiger partial charge in [0.25, 0.3) is 5.91 Å². The van der Waals surface area contributed by atoms with Gasteiger partial charge in [0, 0.05) is 24.9 Å². The highest BCUT2D eigenvalue weighted by Crippen LogP contribution is 2.25. The van der Waals surface area contributed by atoms with Crippen LogP contribution < -0.4 is 0 Å². The van der Waals surface area contributed by atoms with E-state index in [0.717, 1.165) is 0 Å². The van der Waals surface area contributed by atoms with Crippen molar-refractivity contribution in [1.29, 1.82) is 0 Å². The molecule has 1 aromatic heterocycles. The Morgan fingerprint density at radius 1 is 1.50 bits per heavy atom. The van der Waals surface area contributed by atoms with Gasteiger partial charge < -0.3 is 10.0 Å². The van der Waals surface area contributed by atoms with E-state index in [-0.39, 0.29) is 29.7 Å². The number of hydrogen-bond donors (Lipinski definition) is 1. The Morgan fingerprint density at radius 3 is 2.77 bits per heavy atom. The summed E-state index contributed by atoms with van der Waals surface area (Å²) >= 11 is 5.98. The molecule has 22 heavy (non-hydrogen) atoms. The molecule has 6 nitrogen and oxygen atoms in total. The smallest absolute Gasteiger partial charge is 0.338 e. The number of nitrogens with zero attached hydrogens (tertiary/aromatic N) is 3. The number of aliphatic carboxylic acids is 1. The van der Waals surface area contributed by atoms with E-state index in [0.29, 0.717) is 12.2 Å². The molecule has 1 fully saturated rings. The fraction of sp³-hybridized carbons (Fsp3) is 0.571. The zero-order chi connectivity index (χ0) is 16.4. The summed E-state index contributed by atoms with van der Waals surface area (Å²) in [6, 6.07) is 0. The average Bonchev–Trinajstić information content (AvgIpc) is 2.95. The normalized spacial score (nSPS) is 19.5. The molecule has 1 aliphatic rings. The van der Waals surface area contributed by atoms with E-state index in [1.807, 2.05) is 13.8 Å². The van der Waals surface area contributed by atoms with Crippen LogP contribution in [0.3, 0.4) is 0 Å². The van der Waals surface area contributed by atoms with E-state index >= 15 is 0 Å². The highest BCUT2D eigenvalue weighted by Gasteiger charge is 2.36. The molecule has 1 saturated heterocycles. The minimum Gasteiger partial charge on any atom is -0.479 e. The van der Waals surface area contributed by atoms with E-state index in [1.165, 1.54) is 11.1 Å². The monoisotopic (exact) mass is 329 g/mol. The Labute approximate surface area is 132 Å². The molecule has 120 valence electrons. The lowest BCUT2D eigenvalue weighted by Gasteiger charge is -2.17. The summed E-state index contributed by atoms with van der Waals surface area (Å²) in [5.74, 6) is -2.09. The Morgan fingerprint density at radius 2 is 2.18 bits per heavy atom. The third kappa shape index (κ3) is 3.35. The molecule has 2 rings (SSSR count). The van der Waals surface area contributed by atoms with Crippen molar-refractivity contribution < 1.29 is 19.1 Å². The number of halogens is 2. The second kappa shape index (κ2) is 6.56. The highest BCUT2D eigenvalue weighted by molar-refractivity contribution is 6.33.